The zero-order valence-electron chi connectivity index (χ0n) is 11.9. The monoisotopic (exact) mass is 299 g/mol. The molecule has 0 saturated heterocycles. The van der Waals surface area contributed by atoms with Gasteiger partial charge in [0.2, 0.25) is 5.91 Å². The summed E-state index contributed by atoms with van der Waals surface area (Å²) in [6.07, 6.45) is 0.326. The minimum Gasteiger partial charge on any atom is -0.496 e. The third kappa shape index (κ3) is 4.42. The van der Waals surface area contributed by atoms with Gasteiger partial charge in [-0.15, -0.1) is 0 Å². The van der Waals surface area contributed by atoms with Crippen molar-refractivity contribution in [3.8, 4) is 5.75 Å². The van der Waals surface area contributed by atoms with Gasteiger partial charge in [-0.3, -0.25) is 4.79 Å². The number of benzene rings is 1. The summed E-state index contributed by atoms with van der Waals surface area (Å²) in [5.74, 6) is -1.19. The maximum Gasteiger partial charge on any atom is 0.339 e. The first-order valence-corrected chi connectivity index (χ1v) is 6.42. The van der Waals surface area contributed by atoms with E-state index >= 15 is 0 Å². The van der Waals surface area contributed by atoms with E-state index in [1.54, 1.807) is 0 Å². The normalized spacial score (nSPS) is 11.1. The van der Waals surface area contributed by atoms with Gasteiger partial charge < -0.3 is 15.2 Å². The first-order valence-electron chi connectivity index (χ1n) is 6.05. The van der Waals surface area contributed by atoms with Crippen molar-refractivity contribution < 1.29 is 19.4 Å². The predicted octanol–water partition coefficient (Wildman–Crippen LogP) is 3.42. The Morgan fingerprint density at radius 3 is 2.40 bits per heavy atom. The molecule has 0 atom stereocenters. The van der Waals surface area contributed by atoms with Crippen LogP contribution in [0.2, 0.25) is 5.02 Å². The zero-order valence-corrected chi connectivity index (χ0v) is 12.7. The van der Waals surface area contributed by atoms with Crippen molar-refractivity contribution in [3.63, 3.8) is 0 Å². The van der Waals surface area contributed by atoms with Gasteiger partial charge >= 0.3 is 5.97 Å². The molecule has 1 amide bonds. The Hall–Kier alpha value is -1.75. The van der Waals surface area contributed by atoms with Crippen LogP contribution in [0.3, 0.4) is 0 Å². The largest absolute Gasteiger partial charge is 0.496 e. The number of nitrogens with one attached hydrogen (secondary N) is 1. The number of amides is 1. The molecule has 0 aliphatic rings. The van der Waals surface area contributed by atoms with E-state index in [9.17, 15) is 9.59 Å². The molecule has 0 spiro atoms. The molecule has 0 unspecified atom stereocenters. The lowest BCUT2D eigenvalue weighted by molar-refractivity contribution is -0.117. The van der Waals surface area contributed by atoms with Crippen molar-refractivity contribution in [1.29, 1.82) is 0 Å². The molecule has 0 heterocycles. The summed E-state index contributed by atoms with van der Waals surface area (Å²) in [5, 5.41) is 11.8. The highest BCUT2D eigenvalue weighted by atomic mass is 35.5. The Bertz CT molecular complexity index is 535. The molecule has 5 nitrogen and oxygen atoms in total. The molecule has 1 aromatic carbocycles. The van der Waals surface area contributed by atoms with E-state index in [4.69, 9.17) is 21.4 Å². The number of hydrogen-bond acceptors (Lipinski definition) is 3. The van der Waals surface area contributed by atoms with Gasteiger partial charge in [-0.25, -0.2) is 4.79 Å². The average molecular weight is 300 g/mol. The van der Waals surface area contributed by atoms with Crippen LogP contribution in [-0.2, 0) is 4.79 Å². The van der Waals surface area contributed by atoms with Gasteiger partial charge in [-0.05, 0) is 11.5 Å². The second kappa shape index (κ2) is 6.13. The van der Waals surface area contributed by atoms with Gasteiger partial charge in [0.15, 0.2) is 0 Å². The van der Waals surface area contributed by atoms with E-state index in [-0.39, 0.29) is 27.7 Å². The third-order valence-corrected chi connectivity index (χ3v) is 2.80. The van der Waals surface area contributed by atoms with Crippen LogP contribution >= 0.6 is 11.6 Å². The standard InChI is InChI=1S/C14H18ClNO4/c1-14(2,3)7-12(17)16-10-6-11(20-4)8(13(18)19)5-9(10)15/h5-6H,7H2,1-4H3,(H,16,17)(H,18,19). The van der Waals surface area contributed by atoms with E-state index in [1.807, 2.05) is 20.8 Å². The minimum absolute atomic E-state index is 0.0497. The lowest BCUT2D eigenvalue weighted by atomic mass is 9.92. The lowest BCUT2D eigenvalue weighted by Crippen LogP contribution is -2.20. The topological polar surface area (TPSA) is 75.6 Å². The maximum absolute atomic E-state index is 11.9. The first kappa shape index (κ1) is 16.3. The highest BCUT2D eigenvalue weighted by Crippen LogP contribution is 2.31. The Balaban J connectivity index is 3.02. The van der Waals surface area contributed by atoms with Crippen molar-refractivity contribution in [3.05, 3.63) is 22.7 Å². The van der Waals surface area contributed by atoms with Crippen LogP contribution < -0.4 is 10.1 Å². The van der Waals surface area contributed by atoms with Gasteiger partial charge in [0, 0.05) is 12.5 Å². The van der Waals surface area contributed by atoms with Crippen molar-refractivity contribution in [1.82, 2.24) is 0 Å². The number of carbonyl (C=O) groups excluding carboxylic acids is 1. The van der Waals surface area contributed by atoms with Gasteiger partial charge in [-0.2, -0.15) is 0 Å². The van der Waals surface area contributed by atoms with Gasteiger partial charge in [0.05, 0.1) is 17.8 Å². The number of carbonyl (C=O) groups is 2. The summed E-state index contributed by atoms with van der Waals surface area (Å²) in [5.41, 5.74) is 0.135. The number of carboxylic acid groups (broad SMARTS) is 1. The molecule has 0 aromatic heterocycles. The van der Waals surface area contributed by atoms with E-state index in [1.165, 1.54) is 19.2 Å². The SMILES string of the molecule is COc1cc(NC(=O)CC(C)(C)C)c(Cl)cc1C(=O)O. The minimum atomic E-state index is -1.14. The zero-order chi connectivity index (χ0) is 15.5. The highest BCUT2D eigenvalue weighted by molar-refractivity contribution is 6.34. The molecular weight excluding hydrogens is 282 g/mol. The van der Waals surface area contributed by atoms with E-state index in [0.717, 1.165) is 0 Å². The number of aromatic carboxylic acids is 1. The molecule has 0 saturated carbocycles. The van der Waals surface area contributed by atoms with Crippen LogP contribution in [-0.4, -0.2) is 24.1 Å². The molecule has 0 aliphatic heterocycles. The van der Waals surface area contributed by atoms with Crippen molar-refractivity contribution >= 4 is 29.2 Å². The maximum atomic E-state index is 11.9. The molecule has 0 aliphatic carbocycles. The van der Waals surface area contributed by atoms with Crippen LogP contribution in [0.25, 0.3) is 0 Å². The number of halogens is 1. The molecule has 0 fully saturated rings. The predicted molar refractivity (Wildman–Crippen MR) is 77.7 cm³/mol. The van der Waals surface area contributed by atoms with Crippen molar-refractivity contribution in [2.75, 3.05) is 12.4 Å². The number of ether oxygens (including phenoxy) is 1. The molecule has 0 radical (unpaired) electrons. The summed E-state index contributed by atoms with van der Waals surface area (Å²) in [6, 6.07) is 2.67. The third-order valence-electron chi connectivity index (χ3n) is 2.48. The van der Waals surface area contributed by atoms with Gasteiger partial charge in [0.25, 0.3) is 0 Å². The Morgan fingerprint density at radius 1 is 1.35 bits per heavy atom. The fourth-order valence-corrected chi connectivity index (χ4v) is 1.87. The molecule has 1 rings (SSSR count). The number of rotatable bonds is 4. The molecule has 20 heavy (non-hydrogen) atoms. The number of anilines is 1. The Labute approximate surface area is 122 Å². The fourth-order valence-electron chi connectivity index (χ4n) is 1.66. The van der Waals surface area contributed by atoms with Gasteiger partial charge in [-0.1, -0.05) is 32.4 Å². The number of carboxylic acids is 1. The number of hydrogen-bond donors (Lipinski definition) is 2. The van der Waals surface area contributed by atoms with Crippen LogP contribution in [0.15, 0.2) is 12.1 Å². The van der Waals surface area contributed by atoms with Gasteiger partial charge in [0.1, 0.15) is 11.3 Å². The molecule has 0 bridgehead atoms. The summed E-state index contributed by atoms with van der Waals surface area (Å²) < 4.78 is 4.99. The smallest absolute Gasteiger partial charge is 0.339 e. The van der Waals surface area contributed by atoms with E-state index in [2.05, 4.69) is 5.32 Å². The van der Waals surface area contributed by atoms with Crippen LogP contribution in [0.5, 0.6) is 5.75 Å². The van der Waals surface area contributed by atoms with Crippen LogP contribution in [0, 0.1) is 5.41 Å². The summed E-state index contributed by atoms with van der Waals surface area (Å²) >= 11 is 5.98. The molecule has 110 valence electrons. The second-order valence-electron chi connectivity index (χ2n) is 5.62. The van der Waals surface area contributed by atoms with Crippen LogP contribution in [0.4, 0.5) is 5.69 Å². The molecule has 2 N–H and O–H groups in total. The highest BCUT2D eigenvalue weighted by Gasteiger charge is 2.19. The summed E-state index contributed by atoms with van der Waals surface area (Å²) in [7, 11) is 1.36. The van der Waals surface area contributed by atoms with E-state index < -0.39 is 5.97 Å². The van der Waals surface area contributed by atoms with Crippen molar-refractivity contribution in [2.45, 2.75) is 27.2 Å². The molecule has 6 heteroatoms. The quantitative estimate of drug-likeness (QED) is 0.893. The summed E-state index contributed by atoms with van der Waals surface area (Å²) in [6.45, 7) is 5.84. The van der Waals surface area contributed by atoms with Crippen LogP contribution in [0.1, 0.15) is 37.6 Å². The van der Waals surface area contributed by atoms with Crippen molar-refractivity contribution in [2.24, 2.45) is 5.41 Å². The second-order valence-corrected chi connectivity index (χ2v) is 6.03. The molecular formula is C14H18ClNO4. The Morgan fingerprint density at radius 2 is 1.95 bits per heavy atom. The summed E-state index contributed by atoms with van der Waals surface area (Å²) in [4.78, 5) is 22.9. The lowest BCUT2D eigenvalue weighted by Gasteiger charge is -2.18. The first-order chi connectivity index (χ1) is 9.14. The number of methoxy groups -OCH3 is 1. The Kier molecular flexibility index (Phi) is 5.00. The fraction of sp³-hybridized carbons (Fsp3) is 0.429. The van der Waals surface area contributed by atoms with E-state index in [0.29, 0.717) is 12.1 Å². The molecule has 1 aromatic rings. The average Bonchev–Trinajstić information content (AvgIpc) is 2.28.